The summed E-state index contributed by atoms with van der Waals surface area (Å²) in [5, 5.41) is 4.49. The van der Waals surface area contributed by atoms with Crippen molar-refractivity contribution in [3.63, 3.8) is 0 Å². The normalized spacial score (nSPS) is 10.8. The first-order chi connectivity index (χ1) is 12.2. The third-order valence-electron chi connectivity index (χ3n) is 3.45. The van der Waals surface area contributed by atoms with Gasteiger partial charge in [-0.2, -0.15) is 5.10 Å². The van der Waals surface area contributed by atoms with Crippen molar-refractivity contribution < 1.29 is 13.9 Å². The molecule has 0 atom stereocenters. The van der Waals surface area contributed by atoms with E-state index in [4.69, 9.17) is 20.8 Å². The maximum absolute atomic E-state index is 11.9. The van der Waals surface area contributed by atoms with E-state index in [2.05, 4.69) is 10.5 Å². The van der Waals surface area contributed by atoms with E-state index in [1.54, 1.807) is 61.7 Å². The number of nitrogens with one attached hydrogen (secondary N) is 1. The summed E-state index contributed by atoms with van der Waals surface area (Å²) in [5.74, 6) is 1.44. The number of benzene rings is 2. The summed E-state index contributed by atoms with van der Waals surface area (Å²) in [7, 11) is 1.58. The molecular formula is C19H15ClN2O3. The van der Waals surface area contributed by atoms with Gasteiger partial charge in [0.15, 0.2) is 0 Å². The van der Waals surface area contributed by atoms with Crippen LogP contribution in [0.25, 0.3) is 11.3 Å². The van der Waals surface area contributed by atoms with E-state index >= 15 is 0 Å². The highest BCUT2D eigenvalue weighted by molar-refractivity contribution is 6.30. The van der Waals surface area contributed by atoms with E-state index in [0.717, 1.165) is 5.56 Å². The van der Waals surface area contributed by atoms with E-state index in [1.807, 2.05) is 6.07 Å². The third-order valence-corrected chi connectivity index (χ3v) is 3.68. The van der Waals surface area contributed by atoms with E-state index in [1.165, 1.54) is 6.21 Å². The van der Waals surface area contributed by atoms with Gasteiger partial charge in [0.1, 0.15) is 17.3 Å². The quantitative estimate of drug-likeness (QED) is 0.546. The molecule has 0 saturated heterocycles. The molecule has 6 heteroatoms. The van der Waals surface area contributed by atoms with Crippen molar-refractivity contribution in [2.75, 3.05) is 7.11 Å². The lowest BCUT2D eigenvalue weighted by atomic mass is 10.1. The number of carbonyl (C=O) groups is 1. The number of amides is 1. The van der Waals surface area contributed by atoms with Crippen LogP contribution in [0.3, 0.4) is 0 Å². The fourth-order valence-corrected chi connectivity index (χ4v) is 2.42. The van der Waals surface area contributed by atoms with Crippen LogP contribution in [0.15, 0.2) is 70.2 Å². The number of hydrogen-bond acceptors (Lipinski definition) is 4. The smallest absolute Gasteiger partial charge is 0.271 e. The summed E-state index contributed by atoms with van der Waals surface area (Å²) < 4.78 is 11.0. The van der Waals surface area contributed by atoms with E-state index < -0.39 is 0 Å². The maximum atomic E-state index is 11.9. The molecule has 0 bridgehead atoms. The number of furan rings is 1. The van der Waals surface area contributed by atoms with Crippen LogP contribution in [0.1, 0.15) is 16.1 Å². The van der Waals surface area contributed by atoms with Crippen molar-refractivity contribution in [2.45, 2.75) is 0 Å². The highest BCUT2D eigenvalue weighted by Crippen LogP contribution is 2.33. The van der Waals surface area contributed by atoms with Crippen molar-refractivity contribution in [3.8, 4) is 17.1 Å². The van der Waals surface area contributed by atoms with Gasteiger partial charge in [0.25, 0.3) is 5.91 Å². The number of hydrogen-bond donors (Lipinski definition) is 1. The average molecular weight is 355 g/mol. The predicted molar refractivity (Wildman–Crippen MR) is 97.2 cm³/mol. The molecule has 3 aromatic rings. The van der Waals surface area contributed by atoms with E-state index in [-0.39, 0.29) is 5.91 Å². The maximum Gasteiger partial charge on any atom is 0.271 e. The van der Waals surface area contributed by atoms with Crippen LogP contribution in [0, 0.1) is 0 Å². The van der Waals surface area contributed by atoms with Gasteiger partial charge in [-0.15, -0.1) is 0 Å². The van der Waals surface area contributed by atoms with Crippen LogP contribution in [0.4, 0.5) is 0 Å². The van der Waals surface area contributed by atoms with Gasteiger partial charge >= 0.3 is 0 Å². The van der Waals surface area contributed by atoms with Gasteiger partial charge < -0.3 is 9.15 Å². The van der Waals surface area contributed by atoms with Crippen molar-refractivity contribution in [3.05, 3.63) is 77.0 Å². The number of halogens is 1. The Morgan fingerprint density at radius 2 is 1.96 bits per heavy atom. The molecule has 0 unspecified atom stereocenters. The SMILES string of the molecule is COc1ccc(Cl)cc1-c1ccc(/C=N\NC(=O)c2ccccc2)o1. The molecule has 1 aromatic heterocycles. The Morgan fingerprint density at radius 1 is 1.16 bits per heavy atom. The van der Waals surface area contributed by atoms with Crippen LogP contribution in [0.5, 0.6) is 5.75 Å². The number of ether oxygens (including phenoxy) is 1. The minimum atomic E-state index is -0.292. The Bertz CT molecular complexity index is 904. The summed E-state index contributed by atoms with van der Waals surface area (Å²) in [6, 6.07) is 17.6. The second-order valence-electron chi connectivity index (χ2n) is 5.11. The molecule has 1 N–H and O–H groups in total. The molecule has 0 aliphatic rings. The summed E-state index contributed by atoms with van der Waals surface area (Å²) >= 11 is 6.04. The summed E-state index contributed by atoms with van der Waals surface area (Å²) in [6.07, 6.45) is 1.43. The first-order valence-electron chi connectivity index (χ1n) is 7.49. The van der Waals surface area contributed by atoms with Gasteiger partial charge in [-0.3, -0.25) is 4.79 Å². The molecule has 0 spiro atoms. The van der Waals surface area contributed by atoms with Crippen LogP contribution in [-0.4, -0.2) is 19.2 Å². The van der Waals surface area contributed by atoms with Gasteiger partial charge in [0, 0.05) is 10.6 Å². The van der Waals surface area contributed by atoms with Crippen molar-refractivity contribution in [1.29, 1.82) is 0 Å². The highest BCUT2D eigenvalue weighted by atomic mass is 35.5. The van der Waals surface area contributed by atoms with Gasteiger partial charge in [0.2, 0.25) is 0 Å². The average Bonchev–Trinajstić information content (AvgIpc) is 3.11. The largest absolute Gasteiger partial charge is 0.496 e. The molecule has 25 heavy (non-hydrogen) atoms. The standard InChI is InChI=1S/C19H15ClN2O3/c1-24-17-9-7-14(20)11-16(17)18-10-8-15(25-18)12-21-22-19(23)13-5-3-2-4-6-13/h2-12H,1H3,(H,22,23)/b21-12-. The van der Waals surface area contributed by atoms with Gasteiger partial charge in [0.05, 0.1) is 18.9 Å². The Kier molecular flexibility index (Phi) is 5.16. The zero-order chi connectivity index (χ0) is 17.6. The van der Waals surface area contributed by atoms with Crippen molar-refractivity contribution in [1.82, 2.24) is 5.43 Å². The first kappa shape index (κ1) is 16.8. The van der Waals surface area contributed by atoms with Crippen LogP contribution < -0.4 is 10.2 Å². The summed E-state index contributed by atoms with van der Waals surface area (Å²) in [5.41, 5.74) is 3.72. The molecule has 5 nitrogen and oxygen atoms in total. The lowest BCUT2D eigenvalue weighted by Gasteiger charge is -2.06. The van der Waals surface area contributed by atoms with Crippen LogP contribution in [-0.2, 0) is 0 Å². The second-order valence-corrected chi connectivity index (χ2v) is 5.55. The molecule has 126 valence electrons. The lowest BCUT2D eigenvalue weighted by Crippen LogP contribution is -2.17. The van der Waals surface area contributed by atoms with Crippen LogP contribution >= 0.6 is 11.6 Å². The van der Waals surface area contributed by atoms with E-state index in [9.17, 15) is 4.79 Å². The third kappa shape index (κ3) is 4.08. The molecule has 0 radical (unpaired) electrons. The molecule has 0 fully saturated rings. The minimum absolute atomic E-state index is 0.292. The van der Waals surface area contributed by atoms with Gasteiger partial charge in [-0.1, -0.05) is 29.8 Å². The molecule has 1 heterocycles. The second kappa shape index (κ2) is 7.68. The first-order valence-corrected chi connectivity index (χ1v) is 7.87. The van der Waals surface area contributed by atoms with Gasteiger partial charge in [-0.25, -0.2) is 5.43 Å². The molecular weight excluding hydrogens is 340 g/mol. The Labute approximate surface area is 149 Å². The molecule has 0 aliphatic carbocycles. The molecule has 3 rings (SSSR count). The van der Waals surface area contributed by atoms with Crippen molar-refractivity contribution in [2.24, 2.45) is 5.10 Å². The van der Waals surface area contributed by atoms with Gasteiger partial charge in [-0.05, 0) is 42.5 Å². The fraction of sp³-hybridized carbons (Fsp3) is 0.0526. The number of carbonyl (C=O) groups excluding carboxylic acids is 1. The predicted octanol–water partition coefficient (Wildman–Crippen LogP) is 4.37. The molecule has 1 amide bonds. The summed E-state index contributed by atoms with van der Waals surface area (Å²) in [6.45, 7) is 0. The number of rotatable bonds is 5. The van der Waals surface area contributed by atoms with Crippen molar-refractivity contribution >= 4 is 23.7 Å². The zero-order valence-corrected chi connectivity index (χ0v) is 14.2. The zero-order valence-electron chi connectivity index (χ0n) is 13.4. The minimum Gasteiger partial charge on any atom is -0.496 e. The van der Waals surface area contributed by atoms with Crippen LogP contribution in [0.2, 0.25) is 5.02 Å². The lowest BCUT2D eigenvalue weighted by molar-refractivity contribution is 0.0955. The Hall–Kier alpha value is -3.05. The Morgan fingerprint density at radius 3 is 2.72 bits per heavy atom. The topological polar surface area (TPSA) is 63.8 Å². The fourth-order valence-electron chi connectivity index (χ4n) is 2.25. The number of nitrogens with zero attached hydrogens (tertiary/aromatic N) is 1. The molecule has 0 aliphatic heterocycles. The van der Waals surface area contributed by atoms with E-state index in [0.29, 0.717) is 27.9 Å². The summed E-state index contributed by atoms with van der Waals surface area (Å²) in [4.78, 5) is 11.9. The highest BCUT2D eigenvalue weighted by Gasteiger charge is 2.10. The molecule has 0 saturated carbocycles. The monoisotopic (exact) mass is 354 g/mol. The molecule has 2 aromatic carbocycles. The number of methoxy groups -OCH3 is 1. The Balaban J connectivity index is 1.72. The number of hydrazone groups is 1.